The summed E-state index contributed by atoms with van der Waals surface area (Å²) in [4.78, 5) is 24.7. The summed E-state index contributed by atoms with van der Waals surface area (Å²) >= 11 is 1.05. The molecule has 0 spiro atoms. The standard InChI is InChI=1S/C23H23F6N5O2S/c1-14-20(17(37-34-14)10-16-12-31-18(13-30-16)23(27,28)29)21(35)33-15-6-7-19(32-11-15)36-9-5-3-2-4-8-22(24,25)26/h6-7,11-13H,2-5,8-10H2,1H3,(H,33,35). The summed E-state index contributed by atoms with van der Waals surface area (Å²) < 4.78 is 84.1. The lowest BCUT2D eigenvalue weighted by atomic mass is 10.1. The summed E-state index contributed by atoms with van der Waals surface area (Å²) in [7, 11) is 0. The smallest absolute Gasteiger partial charge is 0.434 e. The predicted octanol–water partition coefficient (Wildman–Crippen LogP) is 6.39. The lowest BCUT2D eigenvalue weighted by Gasteiger charge is -2.09. The van der Waals surface area contributed by atoms with Crippen molar-refractivity contribution in [1.29, 1.82) is 0 Å². The first-order chi connectivity index (χ1) is 17.4. The number of unbranched alkanes of at least 4 members (excludes halogenated alkanes) is 3. The number of nitrogens with zero attached hydrogens (tertiary/aromatic N) is 4. The highest BCUT2D eigenvalue weighted by atomic mass is 32.1. The molecule has 0 aromatic carbocycles. The van der Waals surface area contributed by atoms with E-state index in [9.17, 15) is 31.1 Å². The first-order valence-corrected chi connectivity index (χ1v) is 12.0. The number of carbonyl (C=O) groups excluding carboxylic acids is 1. The van der Waals surface area contributed by atoms with Crippen molar-refractivity contribution in [2.75, 3.05) is 11.9 Å². The molecule has 3 rings (SSSR count). The average molecular weight is 548 g/mol. The van der Waals surface area contributed by atoms with Gasteiger partial charge in [-0.15, -0.1) is 0 Å². The number of anilines is 1. The Kier molecular flexibility index (Phi) is 9.40. The largest absolute Gasteiger partial charge is 0.478 e. The van der Waals surface area contributed by atoms with E-state index in [0.717, 1.165) is 17.7 Å². The second kappa shape index (κ2) is 12.3. The quantitative estimate of drug-likeness (QED) is 0.221. The van der Waals surface area contributed by atoms with Gasteiger partial charge < -0.3 is 10.1 Å². The van der Waals surface area contributed by atoms with Crippen molar-refractivity contribution in [2.24, 2.45) is 0 Å². The molecule has 1 N–H and O–H groups in total. The molecule has 3 aromatic heterocycles. The molecule has 0 atom stereocenters. The number of halogens is 6. The van der Waals surface area contributed by atoms with E-state index in [1.807, 2.05) is 0 Å². The topological polar surface area (TPSA) is 89.9 Å². The molecule has 0 aliphatic carbocycles. The highest BCUT2D eigenvalue weighted by molar-refractivity contribution is 7.06. The van der Waals surface area contributed by atoms with Crippen molar-refractivity contribution in [3.8, 4) is 5.88 Å². The molecule has 1 amide bonds. The van der Waals surface area contributed by atoms with E-state index in [1.54, 1.807) is 19.1 Å². The van der Waals surface area contributed by atoms with Gasteiger partial charge in [0.1, 0.15) is 0 Å². The van der Waals surface area contributed by atoms with Crippen molar-refractivity contribution in [2.45, 2.75) is 57.8 Å². The molecular formula is C23H23F6N5O2S. The number of pyridine rings is 1. The van der Waals surface area contributed by atoms with Crippen LogP contribution in [0.15, 0.2) is 30.7 Å². The number of rotatable bonds is 11. The van der Waals surface area contributed by atoms with Gasteiger partial charge in [0, 0.05) is 30.0 Å². The van der Waals surface area contributed by atoms with E-state index in [-0.39, 0.29) is 24.1 Å². The molecule has 0 saturated carbocycles. The Bertz CT molecular complexity index is 1160. The van der Waals surface area contributed by atoms with Crippen LogP contribution in [0.3, 0.4) is 0 Å². The number of aromatic nitrogens is 4. The number of nitrogens with one attached hydrogen (secondary N) is 1. The van der Waals surface area contributed by atoms with Crippen LogP contribution in [0.4, 0.5) is 32.0 Å². The molecule has 3 heterocycles. The van der Waals surface area contributed by atoms with Crippen molar-refractivity contribution >= 4 is 23.1 Å². The van der Waals surface area contributed by atoms with Crippen molar-refractivity contribution in [3.05, 3.63) is 58.2 Å². The second-order valence-corrected chi connectivity index (χ2v) is 8.96. The van der Waals surface area contributed by atoms with Gasteiger partial charge in [0.2, 0.25) is 5.88 Å². The third-order valence-electron chi connectivity index (χ3n) is 5.10. The van der Waals surface area contributed by atoms with Crippen LogP contribution in [-0.2, 0) is 12.6 Å². The summed E-state index contributed by atoms with van der Waals surface area (Å²) in [6.07, 6.45) is -4.60. The van der Waals surface area contributed by atoms with Crippen LogP contribution in [0.25, 0.3) is 0 Å². The Morgan fingerprint density at radius 2 is 1.73 bits per heavy atom. The number of hydrogen-bond acceptors (Lipinski definition) is 7. The Balaban J connectivity index is 1.51. The van der Waals surface area contributed by atoms with Crippen LogP contribution in [0.2, 0.25) is 0 Å². The zero-order chi connectivity index (χ0) is 27.1. The van der Waals surface area contributed by atoms with E-state index in [2.05, 4.69) is 24.6 Å². The van der Waals surface area contributed by atoms with Crippen molar-refractivity contribution < 1.29 is 35.9 Å². The lowest BCUT2D eigenvalue weighted by Crippen LogP contribution is -2.15. The summed E-state index contributed by atoms with van der Waals surface area (Å²) in [6, 6.07) is 3.14. The van der Waals surface area contributed by atoms with Crippen LogP contribution in [0.5, 0.6) is 5.88 Å². The van der Waals surface area contributed by atoms with E-state index >= 15 is 0 Å². The maximum absolute atomic E-state index is 12.9. The van der Waals surface area contributed by atoms with Crippen molar-refractivity contribution in [3.63, 3.8) is 0 Å². The fourth-order valence-corrected chi connectivity index (χ4v) is 4.16. The van der Waals surface area contributed by atoms with Gasteiger partial charge in [-0.2, -0.15) is 30.7 Å². The summed E-state index contributed by atoms with van der Waals surface area (Å²) in [5.74, 6) is -0.154. The third-order valence-corrected chi connectivity index (χ3v) is 6.03. The molecule has 14 heteroatoms. The number of alkyl halides is 6. The second-order valence-electron chi connectivity index (χ2n) is 8.10. The van der Waals surface area contributed by atoms with Gasteiger partial charge in [0.15, 0.2) is 5.69 Å². The van der Waals surface area contributed by atoms with E-state index < -0.39 is 30.4 Å². The molecule has 0 saturated heterocycles. The minimum Gasteiger partial charge on any atom is -0.478 e. The van der Waals surface area contributed by atoms with E-state index in [1.165, 1.54) is 6.20 Å². The molecule has 0 aliphatic heterocycles. The van der Waals surface area contributed by atoms with Gasteiger partial charge in [-0.05, 0) is 37.4 Å². The van der Waals surface area contributed by atoms with E-state index in [4.69, 9.17) is 4.74 Å². The fraction of sp³-hybridized carbons (Fsp3) is 0.435. The van der Waals surface area contributed by atoms with Gasteiger partial charge in [-0.1, -0.05) is 12.8 Å². The Labute approximate surface area is 212 Å². The highest BCUT2D eigenvalue weighted by Gasteiger charge is 2.33. The molecule has 7 nitrogen and oxygen atoms in total. The molecule has 0 unspecified atom stereocenters. The molecule has 200 valence electrons. The van der Waals surface area contributed by atoms with Gasteiger partial charge in [-0.3, -0.25) is 9.78 Å². The summed E-state index contributed by atoms with van der Waals surface area (Å²) in [6.45, 7) is 1.95. The highest BCUT2D eigenvalue weighted by Crippen LogP contribution is 2.28. The minimum absolute atomic E-state index is 0.0840. The molecular weight excluding hydrogens is 524 g/mol. The van der Waals surface area contributed by atoms with Gasteiger partial charge in [0.05, 0.1) is 41.6 Å². The zero-order valence-corrected chi connectivity index (χ0v) is 20.4. The molecule has 0 bridgehead atoms. The molecule has 0 fully saturated rings. The van der Waals surface area contributed by atoms with E-state index in [0.29, 0.717) is 54.2 Å². The Morgan fingerprint density at radius 3 is 2.35 bits per heavy atom. The minimum atomic E-state index is -4.59. The maximum Gasteiger partial charge on any atom is 0.434 e. The normalized spacial score (nSPS) is 12.0. The lowest BCUT2D eigenvalue weighted by molar-refractivity contribution is -0.141. The number of ether oxygens (including phenoxy) is 1. The molecule has 0 radical (unpaired) electrons. The molecule has 0 aliphatic rings. The van der Waals surface area contributed by atoms with Gasteiger partial charge in [-0.25, -0.2) is 9.97 Å². The first-order valence-electron chi connectivity index (χ1n) is 11.2. The van der Waals surface area contributed by atoms with Crippen molar-refractivity contribution in [1.82, 2.24) is 19.3 Å². The predicted molar refractivity (Wildman–Crippen MR) is 124 cm³/mol. The summed E-state index contributed by atoms with van der Waals surface area (Å²) in [5, 5.41) is 2.70. The monoisotopic (exact) mass is 547 g/mol. The van der Waals surface area contributed by atoms with Crippen LogP contribution < -0.4 is 10.1 Å². The Morgan fingerprint density at radius 1 is 0.973 bits per heavy atom. The third kappa shape index (κ3) is 8.95. The average Bonchev–Trinajstić information content (AvgIpc) is 3.18. The van der Waals surface area contributed by atoms with Crippen LogP contribution in [-0.4, -0.2) is 38.0 Å². The first kappa shape index (κ1) is 28.3. The fourth-order valence-electron chi connectivity index (χ4n) is 3.28. The maximum atomic E-state index is 12.9. The number of hydrogen-bond donors (Lipinski definition) is 1. The molecule has 3 aromatic rings. The molecule has 37 heavy (non-hydrogen) atoms. The van der Waals surface area contributed by atoms with Gasteiger partial charge in [0.25, 0.3) is 5.91 Å². The van der Waals surface area contributed by atoms with Crippen LogP contribution >= 0.6 is 11.5 Å². The number of carbonyl (C=O) groups is 1. The zero-order valence-electron chi connectivity index (χ0n) is 19.6. The number of amides is 1. The Hall–Kier alpha value is -3.29. The SMILES string of the molecule is Cc1nsc(Cc2cnc(C(F)(F)F)cn2)c1C(=O)Nc1ccc(OCCCCCCC(F)(F)F)nc1. The summed E-state index contributed by atoms with van der Waals surface area (Å²) in [5.41, 5.74) is 0.290. The van der Waals surface area contributed by atoms with Crippen LogP contribution in [0, 0.1) is 6.92 Å². The van der Waals surface area contributed by atoms with Gasteiger partial charge >= 0.3 is 12.4 Å². The number of aryl methyl sites for hydroxylation is 1. The van der Waals surface area contributed by atoms with Crippen LogP contribution in [0.1, 0.15) is 64.4 Å².